The maximum absolute atomic E-state index is 13.1. The number of alkyl halides is 3. The Morgan fingerprint density at radius 2 is 1.77 bits per heavy atom. The van der Waals surface area contributed by atoms with Gasteiger partial charge in [0.15, 0.2) is 5.82 Å². The van der Waals surface area contributed by atoms with Crippen molar-refractivity contribution in [3.05, 3.63) is 35.2 Å². The van der Waals surface area contributed by atoms with Crippen LogP contribution >= 0.6 is 0 Å². The van der Waals surface area contributed by atoms with E-state index in [0.29, 0.717) is 25.7 Å². The predicted octanol–water partition coefficient (Wildman–Crippen LogP) is 3.07. The Labute approximate surface area is 149 Å². The van der Waals surface area contributed by atoms with Crippen LogP contribution in [0.15, 0.2) is 18.2 Å². The standard InChI is InChI=1S/C17H20F3N5O/c1-11-7-6-8-12(2)13(11)25-14(21-22-23-25)16(9-4-5-10-16)24(3)15(26)17(18,19)20/h6-8H,4-5,9-10H2,1-3H3. The Morgan fingerprint density at radius 3 is 2.31 bits per heavy atom. The molecule has 1 amide bonds. The van der Waals surface area contributed by atoms with Crippen LogP contribution in [0.2, 0.25) is 0 Å². The van der Waals surface area contributed by atoms with E-state index in [4.69, 9.17) is 0 Å². The highest BCUT2D eigenvalue weighted by Gasteiger charge is 2.52. The number of halogens is 3. The third kappa shape index (κ3) is 2.85. The van der Waals surface area contributed by atoms with Crippen LogP contribution in [0.25, 0.3) is 5.69 Å². The molecule has 1 aliphatic rings. The van der Waals surface area contributed by atoms with Crippen LogP contribution < -0.4 is 0 Å². The van der Waals surface area contributed by atoms with Crippen molar-refractivity contribution in [2.24, 2.45) is 0 Å². The molecule has 6 nitrogen and oxygen atoms in total. The number of carbonyl (C=O) groups excluding carboxylic acids is 1. The zero-order chi connectivity index (χ0) is 19.1. The smallest absolute Gasteiger partial charge is 0.325 e. The van der Waals surface area contributed by atoms with Crippen molar-refractivity contribution >= 4 is 5.91 Å². The van der Waals surface area contributed by atoms with Gasteiger partial charge in [0, 0.05) is 7.05 Å². The van der Waals surface area contributed by atoms with Gasteiger partial charge in [0.05, 0.1) is 5.69 Å². The second kappa shape index (κ2) is 6.37. The van der Waals surface area contributed by atoms with Gasteiger partial charge in [-0.15, -0.1) is 5.10 Å². The van der Waals surface area contributed by atoms with Crippen LogP contribution in [0.1, 0.15) is 42.6 Å². The van der Waals surface area contributed by atoms with Crippen molar-refractivity contribution in [2.45, 2.75) is 51.2 Å². The molecule has 0 radical (unpaired) electrons. The summed E-state index contributed by atoms with van der Waals surface area (Å²) >= 11 is 0. The van der Waals surface area contributed by atoms with E-state index in [1.54, 1.807) is 0 Å². The first kappa shape index (κ1) is 18.3. The average molecular weight is 367 g/mol. The molecule has 0 N–H and O–H groups in total. The van der Waals surface area contributed by atoms with Crippen LogP contribution in [-0.2, 0) is 10.3 Å². The van der Waals surface area contributed by atoms with Gasteiger partial charge in [-0.25, -0.2) is 0 Å². The van der Waals surface area contributed by atoms with Crippen molar-refractivity contribution in [2.75, 3.05) is 7.05 Å². The van der Waals surface area contributed by atoms with Gasteiger partial charge in [-0.2, -0.15) is 17.9 Å². The van der Waals surface area contributed by atoms with E-state index in [1.165, 1.54) is 11.7 Å². The highest BCUT2D eigenvalue weighted by molar-refractivity contribution is 5.82. The maximum atomic E-state index is 13.1. The minimum Gasteiger partial charge on any atom is -0.325 e. The van der Waals surface area contributed by atoms with Gasteiger partial charge < -0.3 is 4.90 Å². The van der Waals surface area contributed by atoms with Gasteiger partial charge in [-0.3, -0.25) is 4.79 Å². The summed E-state index contributed by atoms with van der Waals surface area (Å²) in [5, 5.41) is 11.8. The molecule has 1 fully saturated rings. The first-order valence-electron chi connectivity index (χ1n) is 8.39. The number of para-hydroxylation sites is 1. The van der Waals surface area contributed by atoms with Gasteiger partial charge in [-0.05, 0) is 48.2 Å². The number of hydrogen-bond donors (Lipinski definition) is 0. The minimum absolute atomic E-state index is 0.271. The molecular formula is C17H20F3N5O. The largest absolute Gasteiger partial charge is 0.471 e. The number of tetrazole rings is 1. The quantitative estimate of drug-likeness (QED) is 0.836. The topological polar surface area (TPSA) is 63.9 Å². The summed E-state index contributed by atoms with van der Waals surface area (Å²) in [6.45, 7) is 3.78. The number of aromatic nitrogens is 4. The van der Waals surface area contributed by atoms with Gasteiger partial charge in [0.2, 0.25) is 0 Å². The van der Waals surface area contributed by atoms with Gasteiger partial charge >= 0.3 is 12.1 Å². The average Bonchev–Trinajstić information content (AvgIpc) is 3.22. The van der Waals surface area contributed by atoms with E-state index in [0.717, 1.165) is 21.7 Å². The zero-order valence-electron chi connectivity index (χ0n) is 14.8. The normalized spacial score (nSPS) is 16.7. The summed E-state index contributed by atoms with van der Waals surface area (Å²) in [5.74, 6) is -1.61. The molecule has 2 aromatic rings. The van der Waals surface area contributed by atoms with Crippen molar-refractivity contribution in [1.29, 1.82) is 0 Å². The number of rotatable bonds is 3. The lowest BCUT2D eigenvalue weighted by molar-refractivity contribution is -0.190. The van der Waals surface area contributed by atoms with Crippen LogP contribution in [0.4, 0.5) is 13.2 Å². The molecule has 26 heavy (non-hydrogen) atoms. The van der Waals surface area contributed by atoms with E-state index >= 15 is 0 Å². The van der Waals surface area contributed by atoms with Crippen LogP contribution in [0.3, 0.4) is 0 Å². The molecule has 0 atom stereocenters. The predicted molar refractivity (Wildman–Crippen MR) is 87.6 cm³/mol. The minimum atomic E-state index is -4.94. The summed E-state index contributed by atoms with van der Waals surface area (Å²) in [4.78, 5) is 12.7. The highest BCUT2D eigenvalue weighted by atomic mass is 19.4. The van der Waals surface area contributed by atoms with E-state index < -0.39 is 17.6 Å². The van der Waals surface area contributed by atoms with Gasteiger partial charge in [0.1, 0.15) is 5.54 Å². The molecule has 1 aromatic carbocycles. The lowest BCUT2D eigenvalue weighted by atomic mass is 9.93. The van der Waals surface area contributed by atoms with Crippen molar-refractivity contribution in [3.63, 3.8) is 0 Å². The molecule has 140 valence electrons. The summed E-state index contributed by atoms with van der Waals surface area (Å²) in [7, 11) is 1.19. The Kier molecular flexibility index (Phi) is 4.49. The number of nitrogens with zero attached hydrogens (tertiary/aromatic N) is 5. The van der Waals surface area contributed by atoms with Gasteiger partial charge in [-0.1, -0.05) is 31.0 Å². The number of benzene rings is 1. The molecular weight excluding hydrogens is 347 g/mol. The van der Waals surface area contributed by atoms with Crippen LogP contribution in [-0.4, -0.2) is 44.2 Å². The van der Waals surface area contributed by atoms with Crippen LogP contribution in [0, 0.1) is 13.8 Å². The fourth-order valence-electron chi connectivity index (χ4n) is 3.82. The molecule has 1 saturated carbocycles. The van der Waals surface area contributed by atoms with Crippen LogP contribution in [0.5, 0.6) is 0 Å². The second-order valence-electron chi connectivity index (χ2n) is 6.76. The molecule has 9 heteroatoms. The van der Waals surface area contributed by atoms with E-state index in [-0.39, 0.29) is 5.82 Å². The lowest BCUT2D eigenvalue weighted by Gasteiger charge is -2.37. The van der Waals surface area contributed by atoms with Crippen molar-refractivity contribution < 1.29 is 18.0 Å². The van der Waals surface area contributed by atoms with E-state index in [9.17, 15) is 18.0 Å². The summed E-state index contributed by atoms with van der Waals surface area (Å²) in [5.41, 5.74) is 1.35. The summed E-state index contributed by atoms with van der Waals surface area (Å²) in [6.07, 6.45) is -2.77. The summed E-state index contributed by atoms with van der Waals surface area (Å²) < 4.78 is 40.7. The molecule has 0 saturated heterocycles. The third-order valence-electron chi connectivity index (χ3n) is 5.16. The van der Waals surface area contributed by atoms with Crippen molar-refractivity contribution in [3.8, 4) is 5.69 Å². The highest BCUT2D eigenvalue weighted by Crippen LogP contribution is 2.44. The maximum Gasteiger partial charge on any atom is 0.471 e. The monoisotopic (exact) mass is 367 g/mol. The molecule has 1 aliphatic carbocycles. The number of carbonyl (C=O) groups is 1. The molecule has 0 unspecified atom stereocenters. The van der Waals surface area contributed by atoms with E-state index in [1.807, 2.05) is 32.0 Å². The molecule has 0 spiro atoms. The van der Waals surface area contributed by atoms with Crippen molar-refractivity contribution in [1.82, 2.24) is 25.1 Å². The second-order valence-corrected chi connectivity index (χ2v) is 6.76. The zero-order valence-corrected chi connectivity index (χ0v) is 14.8. The Morgan fingerprint density at radius 1 is 1.19 bits per heavy atom. The first-order chi connectivity index (χ1) is 12.2. The fraction of sp³-hybridized carbons (Fsp3) is 0.529. The molecule has 0 bridgehead atoms. The Balaban J connectivity index is 2.15. The first-order valence-corrected chi connectivity index (χ1v) is 8.39. The Hall–Kier alpha value is -2.45. The molecule has 3 rings (SSSR count). The Bertz CT molecular complexity index is 804. The molecule has 0 aliphatic heterocycles. The number of hydrogen-bond acceptors (Lipinski definition) is 4. The lowest BCUT2D eigenvalue weighted by Crippen LogP contribution is -2.51. The molecule has 1 heterocycles. The number of amides is 1. The number of aryl methyl sites for hydroxylation is 2. The van der Waals surface area contributed by atoms with Gasteiger partial charge in [0.25, 0.3) is 0 Å². The fourth-order valence-corrected chi connectivity index (χ4v) is 3.82. The molecule has 1 aromatic heterocycles. The SMILES string of the molecule is Cc1cccc(C)c1-n1nnnc1C1(N(C)C(=O)C(F)(F)F)CCCC1. The third-order valence-corrected chi connectivity index (χ3v) is 5.16. The van der Waals surface area contributed by atoms with E-state index in [2.05, 4.69) is 15.5 Å². The summed E-state index contributed by atoms with van der Waals surface area (Å²) in [6, 6.07) is 5.67.